The monoisotopic (exact) mass is 290 g/mol. The van der Waals surface area contributed by atoms with Gasteiger partial charge in [0.2, 0.25) is 0 Å². The van der Waals surface area contributed by atoms with Crippen molar-refractivity contribution in [2.45, 2.75) is 58.5 Å². The second kappa shape index (κ2) is 13.1. The van der Waals surface area contributed by atoms with Crippen LogP contribution in [0.25, 0.3) is 0 Å². The number of nitrogens with one attached hydrogen (secondary N) is 1. The van der Waals surface area contributed by atoms with E-state index in [2.05, 4.69) is 25.7 Å². The average Bonchev–Trinajstić information content (AvgIpc) is 2.39. The van der Waals surface area contributed by atoms with E-state index in [0.717, 1.165) is 51.6 Å². The molecule has 0 heterocycles. The van der Waals surface area contributed by atoms with Crippen molar-refractivity contribution in [1.29, 1.82) is 0 Å². The Morgan fingerprint density at radius 2 is 1.53 bits per heavy atom. The zero-order chi connectivity index (χ0) is 14.4. The van der Waals surface area contributed by atoms with E-state index in [0.29, 0.717) is 6.54 Å². The average molecular weight is 291 g/mol. The SMILES string of the molecule is CCCCO[Si](C)(CCCNCCN)OCCCC. The third-order valence-corrected chi connectivity index (χ3v) is 6.01. The summed E-state index contributed by atoms with van der Waals surface area (Å²) in [7, 11) is -1.96. The van der Waals surface area contributed by atoms with E-state index in [4.69, 9.17) is 14.6 Å². The van der Waals surface area contributed by atoms with Crippen LogP contribution in [0.3, 0.4) is 0 Å². The molecule has 0 aromatic carbocycles. The highest BCUT2D eigenvalue weighted by atomic mass is 28.4. The van der Waals surface area contributed by atoms with Crippen LogP contribution >= 0.6 is 0 Å². The molecule has 0 rings (SSSR count). The summed E-state index contributed by atoms with van der Waals surface area (Å²) in [6.07, 6.45) is 5.73. The Hall–Kier alpha value is 0.0569. The Bertz CT molecular complexity index is 184. The standard InChI is InChI=1S/C14H34N2O2Si/c1-4-6-12-17-19(3,18-13-7-5-2)14-8-10-16-11-9-15/h16H,4-15H2,1-3H3. The predicted octanol–water partition coefficient (Wildman–Crippen LogP) is 2.63. The molecule has 0 radical (unpaired) electrons. The Labute approximate surface area is 120 Å². The normalized spacial score (nSPS) is 12.0. The molecule has 0 saturated heterocycles. The largest absolute Gasteiger partial charge is 0.394 e. The van der Waals surface area contributed by atoms with Gasteiger partial charge < -0.3 is 19.9 Å². The smallest absolute Gasteiger partial charge is 0.334 e. The van der Waals surface area contributed by atoms with Crippen molar-refractivity contribution in [3.05, 3.63) is 0 Å². The lowest BCUT2D eigenvalue weighted by Gasteiger charge is -2.27. The molecule has 0 aromatic rings. The van der Waals surface area contributed by atoms with Crippen molar-refractivity contribution in [2.24, 2.45) is 5.73 Å². The Kier molecular flexibility index (Phi) is 13.1. The van der Waals surface area contributed by atoms with Crippen LogP contribution < -0.4 is 11.1 Å². The van der Waals surface area contributed by atoms with Gasteiger partial charge >= 0.3 is 8.56 Å². The molecular weight excluding hydrogens is 256 g/mol. The van der Waals surface area contributed by atoms with Gasteiger partial charge in [0.15, 0.2) is 0 Å². The number of unbranched alkanes of at least 4 members (excludes halogenated alkanes) is 2. The van der Waals surface area contributed by atoms with Gasteiger partial charge in [0.1, 0.15) is 0 Å². The highest BCUT2D eigenvalue weighted by Crippen LogP contribution is 2.17. The molecule has 116 valence electrons. The molecule has 0 aliphatic carbocycles. The summed E-state index contributed by atoms with van der Waals surface area (Å²) >= 11 is 0. The van der Waals surface area contributed by atoms with Gasteiger partial charge in [-0.25, -0.2) is 0 Å². The molecule has 0 aliphatic rings. The van der Waals surface area contributed by atoms with Gasteiger partial charge in [-0.1, -0.05) is 26.7 Å². The van der Waals surface area contributed by atoms with Gasteiger partial charge in [0.05, 0.1) is 0 Å². The van der Waals surface area contributed by atoms with E-state index >= 15 is 0 Å². The number of hydrogen-bond donors (Lipinski definition) is 2. The zero-order valence-electron chi connectivity index (χ0n) is 13.2. The number of rotatable bonds is 14. The van der Waals surface area contributed by atoms with Crippen LogP contribution in [0.2, 0.25) is 12.6 Å². The molecule has 0 bridgehead atoms. The highest BCUT2D eigenvalue weighted by Gasteiger charge is 2.30. The maximum atomic E-state index is 6.09. The Morgan fingerprint density at radius 3 is 2.00 bits per heavy atom. The molecular formula is C14H34N2O2Si. The maximum absolute atomic E-state index is 6.09. The van der Waals surface area contributed by atoms with Crippen LogP contribution in [0.5, 0.6) is 0 Å². The third kappa shape index (κ3) is 11.6. The van der Waals surface area contributed by atoms with Gasteiger partial charge in [-0.3, -0.25) is 0 Å². The molecule has 5 heteroatoms. The molecule has 0 spiro atoms. The van der Waals surface area contributed by atoms with Crippen molar-refractivity contribution in [1.82, 2.24) is 5.32 Å². The molecule has 4 nitrogen and oxygen atoms in total. The summed E-state index contributed by atoms with van der Waals surface area (Å²) in [5.41, 5.74) is 5.46. The van der Waals surface area contributed by atoms with E-state index in [1.807, 2.05) is 0 Å². The van der Waals surface area contributed by atoms with Crippen LogP contribution in [0.1, 0.15) is 46.0 Å². The molecule has 0 aromatic heterocycles. The molecule has 0 amide bonds. The van der Waals surface area contributed by atoms with E-state index in [1.165, 1.54) is 12.8 Å². The Morgan fingerprint density at radius 1 is 0.947 bits per heavy atom. The molecule has 19 heavy (non-hydrogen) atoms. The first-order valence-electron chi connectivity index (χ1n) is 7.87. The fraction of sp³-hybridized carbons (Fsp3) is 1.00. The first-order valence-corrected chi connectivity index (χ1v) is 10.4. The molecule has 0 saturated carbocycles. The molecule has 0 aliphatic heterocycles. The van der Waals surface area contributed by atoms with Crippen molar-refractivity contribution >= 4 is 8.56 Å². The summed E-state index contributed by atoms with van der Waals surface area (Å²) < 4.78 is 12.2. The Balaban J connectivity index is 3.92. The maximum Gasteiger partial charge on any atom is 0.334 e. The van der Waals surface area contributed by atoms with Crippen LogP contribution in [0, 0.1) is 0 Å². The summed E-state index contributed by atoms with van der Waals surface area (Å²) in [5.74, 6) is 0. The van der Waals surface area contributed by atoms with Crippen molar-refractivity contribution in [2.75, 3.05) is 32.8 Å². The lowest BCUT2D eigenvalue weighted by Crippen LogP contribution is -2.40. The first kappa shape index (κ1) is 19.1. The second-order valence-electron chi connectivity index (χ2n) is 5.18. The minimum Gasteiger partial charge on any atom is -0.394 e. The molecule has 0 unspecified atom stereocenters. The number of nitrogens with two attached hydrogens (primary N) is 1. The number of hydrogen-bond acceptors (Lipinski definition) is 4. The topological polar surface area (TPSA) is 56.5 Å². The van der Waals surface area contributed by atoms with Gasteiger partial charge in [0, 0.05) is 26.3 Å². The van der Waals surface area contributed by atoms with Gasteiger partial charge in [-0.15, -0.1) is 0 Å². The van der Waals surface area contributed by atoms with Crippen LogP contribution in [0.4, 0.5) is 0 Å². The van der Waals surface area contributed by atoms with Crippen LogP contribution in [-0.4, -0.2) is 41.4 Å². The lowest BCUT2D eigenvalue weighted by atomic mass is 10.4. The van der Waals surface area contributed by atoms with E-state index in [1.54, 1.807) is 0 Å². The molecule has 0 fully saturated rings. The van der Waals surface area contributed by atoms with Crippen molar-refractivity contribution in [3.8, 4) is 0 Å². The van der Waals surface area contributed by atoms with Gasteiger partial charge in [-0.2, -0.15) is 0 Å². The minimum atomic E-state index is -1.96. The summed E-state index contributed by atoms with van der Waals surface area (Å²) in [4.78, 5) is 0. The summed E-state index contributed by atoms with van der Waals surface area (Å²) in [5, 5.41) is 3.33. The summed E-state index contributed by atoms with van der Waals surface area (Å²) in [6.45, 7) is 10.9. The van der Waals surface area contributed by atoms with Crippen molar-refractivity contribution in [3.63, 3.8) is 0 Å². The van der Waals surface area contributed by atoms with Crippen LogP contribution in [-0.2, 0) is 8.85 Å². The predicted molar refractivity (Wildman–Crippen MR) is 84.7 cm³/mol. The van der Waals surface area contributed by atoms with Crippen molar-refractivity contribution < 1.29 is 8.85 Å². The highest BCUT2D eigenvalue weighted by molar-refractivity contribution is 6.66. The third-order valence-electron chi connectivity index (χ3n) is 3.12. The van der Waals surface area contributed by atoms with Crippen LogP contribution in [0.15, 0.2) is 0 Å². The minimum absolute atomic E-state index is 0.703. The summed E-state index contributed by atoms with van der Waals surface area (Å²) in [6, 6.07) is 1.07. The fourth-order valence-electron chi connectivity index (χ4n) is 1.81. The lowest BCUT2D eigenvalue weighted by molar-refractivity contribution is 0.168. The van der Waals surface area contributed by atoms with Gasteiger partial charge in [-0.05, 0) is 38.4 Å². The molecule has 0 atom stereocenters. The van der Waals surface area contributed by atoms with E-state index in [9.17, 15) is 0 Å². The zero-order valence-corrected chi connectivity index (χ0v) is 14.2. The second-order valence-corrected chi connectivity index (χ2v) is 8.53. The van der Waals surface area contributed by atoms with E-state index in [-0.39, 0.29) is 0 Å². The molecule has 3 N–H and O–H groups in total. The first-order chi connectivity index (χ1) is 9.18. The fourth-order valence-corrected chi connectivity index (χ4v) is 4.16. The van der Waals surface area contributed by atoms with Gasteiger partial charge in [0.25, 0.3) is 0 Å². The van der Waals surface area contributed by atoms with E-state index < -0.39 is 8.56 Å². The quantitative estimate of drug-likeness (QED) is 0.381.